The van der Waals surface area contributed by atoms with Gasteiger partial charge in [-0.2, -0.15) is 0 Å². The van der Waals surface area contributed by atoms with Crippen LogP contribution in [0.1, 0.15) is 34.6 Å². The summed E-state index contributed by atoms with van der Waals surface area (Å²) in [6.45, 7) is 0.777. The van der Waals surface area contributed by atoms with Crippen LogP contribution in [0.3, 0.4) is 0 Å². The first-order valence-corrected chi connectivity index (χ1v) is 11.5. The third-order valence-electron chi connectivity index (χ3n) is 5.68. The van der Waals surface area contributed by atoms with Gasteiger partial charge in [-0.15, -0.1) is 4.73 Å². The van der Waals surface area contributed by atoms with Crippen LogP contribution in [0.25, 0.3) is 0 Å². The monoisotopic (exact) mass is 499 g/mol. The zero-order chi connectivity index (χ0) is 24.8. The molecule has 35 heavy (non-hydrogen) atoms. The average Bonchev–Trinajstić information content (AvgIpc) is 3.35. The maximum atomic E-state index is 13.0. The van der Waals surface area contributed by atoms with Crippen LogP contribution >= 0.6 is 11.6 Å². The first-order chi connectivity index (χ1) is 17.0. The fraction of sp³-hybridized carbons (Fsp3) is 0.348. The van der Waals surface area contributed by atoms with Gasteiger partial charge in [-0.1, -0.05) is 17.7 Å². The number of benzene rings is 1. The summed E-state index contributed by atoms with van der Waals surface area (Å²) in [5, 5.41) is 24.0. The minimum atomic E-state index is -0.494. The highest BCUT2D eigenvalue weighted by Gasteiger charge is 2.28. The van der Waals surface area contributed by atoms with E-state index in [2.05, 4.69) is 25.3 Å². The number of carbonyl (C=O) groups excluding carboxylic acids is 1. The number of rotatable bonds is 8. The van der Waals surface area contributed by atoms with Gasteiger partial charge in [0.2, 0.25) is 5.95 Å². The van der Waals surface area contributed by atoms with Gasteiger partial charge >= 0.3 is 0 Å². The summed E-state index contributed by atoms with van der Waals surface area (Å²) in [4.78, 5) is 31.9. The third-order valence-corrected chi connectivity index (χ3v) is 5.98. The maximum absolute atomic E-state index is 13.0. The summed E-state index contributed by atoms with van der Waals surface area (Å²) in [6, 6.07) is 6.74. The lowest BCUT2D eigenvalue weighted by Crippen LogP contribution is -2.40. The summed E-state index contributed by atoms with van der Waals surface area (Å²) in [5.74, 6) is 0.685. The highest BCUT2D eigenvalue weighted by molar-refractivity contribution is 6.32. The van der Waals surface area contributed by atoms with E-state index in [1.54, 1.807) is 36.7 Å². The Morgan fingerprint density at radius 1 is 1.31 bits per heavy atom. The summed E-state index contributed by atoms with van der Waals surface area (Å²) >= 11 is 6.23. The first kappa shape index (κ1) is 24.4. The highest BCUT2D eigenvalue weighted by atomic mass is 35.5. The molecule has 0 radical (unpaired) electrons. The number of aromatic nitrogens is 4. The first-order valence-electron chi connectivity index (χ1n) is 11.1. The zero-order valence-electron chi connectivity index (χ0n) is 19.1. The number of nitrogens with one attached hydrogen (secondary N) is 1. The van der Waals surface area contributed by atoms with E-state index in [-0.39, 0.29) is 42.7 Å². The summed E-state index contributed by atoms with van der Waals surface area (Å²) in [7, 11) is 1.53. The van der Waals surface area contributed by atoms with Gasteiger partial charge in [0.05, 0.1) is 37.9 Å². The molecule has 1 saturated heterocycles. The van der Waals surface area contributed by atoms with Crippen molar-refractivity contribution in [3.05, 3.63) is 70.3 Å². The number of ether oxygens (including phenoxy) is 1. The molecule has 1 aliphatic heterocycles. The minimum absolute atomic E-state index is 0.0250. The van der Waals surface area contributed by atoms with Gasteiger partial charge in [-0.05, 0) is 36.6 Å². The van der Waals surface area contributed by atoms with Gasteiger partial charge in [-0.3, -0.25) is 9.79 Å². The number of aliphatic hydroxyl groups is 1. The highest BCUT2D eigenvalue weighted by Crippen LogP contribution is 2.25. The Kier molecular flexibility index (Phi) is 7.78. The van der Waals surface area contributed by atoms with E-state index in [0.717, 1.165) is 23.1 Å². The molecule has 1 aliphatic rings. The van der Waals surface area contributed by atoms with Crippen LogP contribution in [0.15, 0.2) is 47.8 Å². The fourth-order valence-electron chi connectivity index (χ4n) is 3.89. The molecule has 0 aliphatic carbocycles. The van der Waals surface area contributed by atoms with Crippen molar-refractivity contribution in [2.24, 2.45) is 4.99 Å². The van der Waals surface area contributed by atoms with E-state index in [9.17, 15) is 15.1 Å². The molecule has 12 heteroatoms. The molecule has 1 amide bonds. The zero-order valence-corrected chi connectivity index (χ0v) is 19.9. The van der Waals surface area contributed by atoms with Crippen LogP contribution in [0.2, 0.25) is 5.02 Å². The number of aliphatic hydroxyl groups excluding tert-OH is 1. The molecule has 1 aromatic carbocycles. The predicted octanol–water partition coefficient (Wildman–Crippen LogP) is 1.56. The van der Waals surface area contributed by atoms with Crippen LogP contribution in [0, 0.1) is 0 Å². The van der Waals surface area contributed by atoms with E-state index in [0.29, 0.717) is 23.1 Å². The molecule has 1 atom stereocenters. The molecule has 3 heterocycles. The second-order valence-electron chi connectivity index (χ2n) is 7.91. The molecule has 4 rings (SSSR count). The Balaban J connectivity index is 1.69. The molecule has 1 fully saturated rings. The lowest BCUT2D eigenvalue weighted by atomic mass is 10.2. The summed E-state index contributed by atoms with van der Waals surface area (Å²) < 4.78 is 5.98. The van der Waals surface area contributed by atoms with E-state index in [4.69, 9.17) is 16.3 Å². The number of methoxy groups -OCH3 is 1. The quantitative estimate of drug-likeness (QED) is 0.397. The van der Waals surface area contributed by atoms with Gasteiger partial charge < -0.3 is 25.3 Å². The van der Waals surface area contributed by atoms with Crippen LogP contribution < -0.4 is 20.4 Å². The lowest BCUT2D eigenvalue weighted by molar-refractivity contribution is 0.0938. The Hall–Kier alpha value is -3.70. The van der Waals surface area contributed by atoms with Gasteiger partial charge in [0.25, 0.3) is 5.91 Å². The largest absolute Gasteiger partial charge is 0.495 e. The number of nitrogens with zero attached hydrogens (tertiary/aromatic N) is 6. The van der Waals surface area contributed by atoms with Crippen LogP contribution in [0.5, 0.6) is 5.75 Å². The molecule has 184 valence electrons. The molecular weight excluding hydrogens is 474 g/mol. The van der Waals surface area contributed by atoms with Gasteiger partial charge in [0.1, 0.15) is 17.1 Å². The molecule has 3 aromatic rings. The van der Waals surface area contributed by atoms with Crippen molar-refractivity contribution in [1.29, 1.82) is 0 Å². The number of anilines is 1. The van der Waals surface area contributed by atoms with E-state index < -0.39 is 5.91 Å². The SMILES string of the molecule is COc1ccc(CN=c2c(C(=O)NCc3ncccn3)cnc(N3CCC[C@H]3CO)n2O)cc1Cl. The molecule has 0 bridgehead atoms. The molecule has 11 nitrogen and oxygen atoms in total. The molecule has 2 aromatic heterocycles. The van der Waals surface area contributed by atoms with E-state index in [1.165, 1.54) is 13.3 Å². The van der Waals surface area contributed by atoms with Crippen molar-refractivity contribution in [3.8, 4) is 5.75 Å². The summed E-state index contributed by atoms with van der Waals surface area (Å²) in [5.41, 5.74) is 0.858. The number of carbonyl (C=O) groups is 1. The number of halogens is 1. The number of amides is 1. The Morgan fingerprint density at radius 2 is 2.11 bits per heavy atom. The van der Waals surface area contributed by atoms with Crippen molar-refractivity contribution in [3.63, 3.8) is 0 Å². The third kappa shape index (κ3) is 5.52. The van der Waals surface area contributed by atoms with E-state index >= 15 is 0 Å². The molecule has 0 saturated carbocycles. The standard InChI is InChI=1S/C23H26ClN7O4/c1-35-19-6-5-15(10-18(19)24)11-27-21-17(22(33)28-13-20-25-7-3-8-26-20)12-29-23(31(21)34)30-9-2-4-16(30)14-32/h3,5-8,10,12,16,32,34H,2,4,9,11,13-14H2,1H3,(H,28,33)/t16-/m0/s1. The number of hydrogen-bond donors (Lipinski definition) is 3. The normalized spacial score (nSPS) is 15.9. The van der Waals surface area contributed by atoms with Crippen molar-refractivity contribution in [2.45, 2.75) is 32.0 Å². The Labute approximate surface area is 206 Å². The smallest absolute Gasteiger partial charge is 0.257 e. The molecule has 0 spiro atoms. The van der Waals surface area contributed by atoms with Crippen LogP contribution in [-0.4, -0.2) is 62.2 Å². The predicted molar refractivity (Wildman–Crippen MR) is 127 cm³/mol. The van der Waals surface area contributed by atoms with Crippen molar-refractivity contribution in [1.82, 2.24) is 25.0 Å². The molecule has 0 unspecified atom stereocenters. The van der Waals surface area contributed by atoms with E-state index in [1.807, 2.05) is 4.90 Å². The second-order valence-corrected chi connectivity index (χ2v) is 8.32. The van der Waals surface area contributed by atoms with Gasteiger partial charge in [0.15, 0.2) is 5.49 Å². The fourth-order valence-corrected chi connectivity index (χ4v) is 4.17. The van der Waals surface area contributed by atoms with Gasteiger partial charge in [-0.25, -0.2) is 15.0 Å². The van der Waals surface area contributed by atoms with Gasteiger partial charge in [0, 0.05) is 25.1 Å². The number of hydrogen-bond acceptors (Lipinski definition) is 9. The minimum Gasteiger partial charge on any atom is -0.495 e. The molecular formula is C23H26ClN7O4. The van der Waals surface area contributed by atoms with Crippen molar-refractivity contribution >= 4 is 23.5 Å². The average molecular weight is 500 g/mol. The van der Waals surface area contributed by atoms with Crippen LogP contribution in [0.4, 0.5) is 5.95 Å². The maximum Gasteiger partial charge on any atom is 0.257 e. The molecule has 3 N–H and O–H groups in total. The van der Waals surface area contributed by atoms with Crippen molar-refractivity contribution in [2.75, 3.05) is 25.2 Å². The summed E-state index contributed by atoms with van der Waals surface area (Å²) in [6.07, 6.45) is 6.16. The lowest BCUT2D eigenvalue weighted by Gasteiger charge is -2.25. The Bertz CT molecular complexity index is 1250. The second kappa shape index (κ2) is 11.2. The Morgan fingerprint density at radius 3 is 2.83 bits per heavy atom. The topological polar surface area (TPSA) is 138 Å². The van der Waals surface area contributed by atoms with Crippen LogP contribution in [-0.2, 0) is 13.1 Å². The van der Waals surface area contributed by atoms with Crippen molar-refractivity contribution < 1.29 is 19.8 Å².